The van der Waals surface area contributed by atoms with E-state index in [1.807, 2.05) is 36.4 Å². The average molecular weight is 431 g/mol. The second kappa shape index (κ2) is 9.14. The third-order valence-corrected chi connectivity index (χ3v) is 10.2. The highest BCUT2D eigenvalue weighted by Gasteiger charge is 2.52. The molecule has 0 bridgehead atoms. The van der Waals surface area contributed by atoms with Crippen LogP contribution in [0, 0.1) is 0 Å². The Hall–Kier alpha value is -3.44. The summed E-state index contributed by atoms with van der Waals surface area (Å²) >= 11 is 0. The number of carboxylic acid groups (broad SMARTS) is 1. The maximum atomic E-state index is 11.7. The van der Waals surface area contributed by atoms with Crippen LogP contribution in [0.25, 0.3) is 6.08 Å². The van der Waals surface area contributed by atoms with Gasteiger partial charge in [-0.05, 0) is 39.2 Å². The molecule has 0 spiro atoms. The molecule has 0 aliphatic carbocycles. The summed E-state index contributed by atoms with van der Waals surface area (Å²) in [5.74, 6) is -0.478. The van der Waals surface area contributed by atoms with E-state index in [4.69, 9.17) is 9.53 Å². The van der Waals surface area contributed by atoms with Crippen molar-refractivity contribution in [1.82, 2.24) is 0 Å². The van der Waals surface area contributed by atoms with E-state index < -0.39 is 14.3 Å². The predicted octanol–water partition coefficient (Wildman–Crippen LogP) is 4.54. The fraction of sp³-hybridized carbons (Fsp3) is 0.154. The molecule has 0 amide bonds. The van der Waals surface area contributed by atoms with Crippen molar-refractivity contribution in [1.29, 1.82) is 0 Å². The standard InChI is InChI=1S/C26H26O4Si/c1-26(2,3)31(23-10-6-4-7-11-23,24-12-8-5-9-13-24)30-22-16-14-20(15-17-25(28)29)21(18-22)19-27/h4-19H,1-3H3,(H,28,29)/b17-15+. The molecule has 0 aliphatic heterocycles. The first-order chi connectivity index (χ1) is 14.8. The molecule has 5 heteroatoms. The van der Waals surface area contributed by atoms with Gasteiger partial charge in [-0.15, -0.1) is 0 Å². The van der Waals surface area contributed by atoms with Gasteiger partial charge in [-0.3, -0.25) is 4.79 Å². The van der Waals surface area contributed by atoms with Crippen LogP contribution in [-0.2, 0) is 4.79 Å². The summed E-state index contributed by atoms with van der Waals surface area (Å²) < 4.78 is 6.90. The van der Waals surface area contributed by atoms with Crippen LogP contribution >= 0.6 is 0 Å². The Morgan fingerprint density at radius 1 is 0.871 bits per heavy atom. The summed E-state index contributed by atoms with van der Waals surface area (Å²) in [6, 6.07) is 25.7. The molecule has 158 valence electrons. The van der Waals surface area contributed by atoms with Crippen molar-refractivity contribution in [3.8, 4) is 5.75 Å². The van der Waals surface area contributed by atoms with Crippen molar-refractivity contribution in [2.24, 2.45) is 0 Å². The van der Waals surface area contributed by atoms with E-state index in [0.717, 1.165) is 22.7 Å². The first kappa shape index (κ1) is 22.2. The lowest BCUT2D eigenvalue weighted by Crippen LogP contribution is -2.68. The molecule has 1 N–H and O–H groups in total. The molecule has 31 heavy (non-hydrogen) atoms. The summed E-state index contributed by atoms with van der Waals surface area (Å²) in [5.41, 5.74) is 0.917. The molecule has 3 aromatic rings. The minimum absolute atomic E-state index is 0.209. The van der Waals surface area contributed by atoms with Gasteiger partial charge in [-0.25, -0.2) is 4.79 Å². The van der Waals surface area contributed by atoms with E-state index in [-0.39, 0.29) is 5.04 Å². The molecule has 0 aromatic heterocycles. The van der Waals surface area contributed by atoms with Crippen LogP contribution in [0.2, 0.25) is 5.04 Å². The van der Waals surface area contributed by atoms with E-state index in [1.54, 1.807) is 18.2 Å². The Balaban J connectivity index is 2.18. The Kier molecular flexibility index (Phi) is 6.56. The Labute approximate surface area is 184 Å². The maximum Gasteiger partial charge on any atom is 0.328 e. The zero-order chi connectivity index (χ0) is 22.5. The van der Waals surface area contributed by atoms with E-state index in [0.29, 0.717) is 16.9 Å². The molecule has 0 aliphatic rings. The van der Waals surface area contributed by atoms with Crippen LogP contribution in [-0.4, -0.2) is 25.7 Å². The van der Waals surface area contributed by atoms with Crippen LogP contribution in [0.5, 0.6) is 5.75 Å². The number of rotatable bonds is 7. The Bertz CT molecular complexity index is 1040. The van der Waals surface area contributed by atoms with Crippen LogP contribution in [0.1, 0.15) is 36.7 Å². The minimum atomic E-state index is -2.81. The Morgan fingerprint density at radius 2 is 1.42 bits per heavy atom. The highest BCUT2D eigenvalue weighted by Crippen LogP contribution is 2.37. The molecule has 0 saturated carbocycles. The SMILES string of the molecule is CC(C)(C)[Si](Oc1ccc(/C=C/C(=O)O)c(C=O)c1)(c1ccccc1)c1ccccc1. The van der Waals surface area contributed by atoms with Crippen molar-refractivity contribution in [3.63, 3.8) is 0 Å². The summed E-state index contributed by atoms with van der Waals surface area (Å²) in [6.07, 6.45) is 3.16. The minimum Gasteiger partial charge on any atom is -0.534 e. The number of carbonyl (C=O) groups is 2. The number of hydrogen-bond acceptors (Lipinski definition) is 3. The van der Waals surface area contributed by atoms with Crippen molar-refractivity contribution in [3.05, 3.63) is 96.1 Å². The lowest BCUT2D eigenvalue weighted by atomic mass is 10.1. The molecule has 0 saturated heterocycles. The third-order valence-electron chi connectivity index (χ3n) is 5.28. The number of carboxylic acids is 1. The van der Waals surface area contributed by atoms with Crippen LogP contribution < -0.4 is 14.8 Å². The van der Waals surface area contributed by atoms with Gasteiger partial charge in [0.15, 0.2) is 6.29 Å². The number of benzene rings is 3. The molecule has 0 atom stereocenters. The zero-order valence-electron chi connectivity index (χ0n) is 17.9. The van der Waals surface area contributed by atoms with E-state index in [2.05, 4.69) is 45.0 Å². The van der Waals surface area contributed by atoms with Crippen molar-refractivity contribution >= 4 is 37.0 Å². The van der Waals surface area contributed by atoms with E-state index in [1.165, 1.54) is 6.08 Å². The Morgan fingerprint density at radius 3 is 1.87 bits per heavy atom. The van der Waals surface area contributed by atoms with Gasteiger partial charge in [0.25, 0.3) is 0 Å². The third kappa shape index (κ3) is 4.67. The van der Waals surface area contributed by atoms with Crippen molar-refractivity contribution < 1.29 is 19.1 Å². The smallest absolute Gasteiger partial charge is 0.328 e. The van der Waals surface area contributed by atoms with Crippen LogP contribution in [0.15, 0.2) is 84.9 Å². The largest absolute Gasteiger partial charge is 0.534 e. The number of carbonyl (C=O) groups excluding carboxylic acids is 1. The monoisotopic (exact) mass is 430 g/mol. The summed E-state index contributed by atoms with van der Waals surface area (Å²) in [4.78, 5) is 22.6. The maximum absolute atomic E-state index is 11.7. The van der Waals surface area contributed by atoms with Gasteiger partial charge >= 0.3 is 14.3 Å². The highest BCUT2D eigenvalue weighted by molar-refractivity contribution is 7.00. The molecule has 4 nitrogen and oxygen atoms in total. The topological polar surface area (TPSA) is 63.6 Å². The molecule has 0 heterocycles. The molecule has 0 fully saturated rings. The van der Waals surface area contributed by atoms with E-state index in [9.17, 15) is 9.59 Å². The summed E-state index contributed by atoms with van der Waals surface area (Å²) in [5, 5.41) is 11.0. The van der Waals surface area contributed by atoms with Crippen molar-refractivity contribution in [2.75, 3.05) is 0 Å². The second-order valence-corrected chi connectivity index (χ2v) is 12.6. The lowest BCUT2D eigenvalue weighted by molar-refractivity contribution is -0.131. The first-order valence-electron chi connectivity index (χ1n) is 10.1. The average Bonchev–Trinajstić information content (AvgIpc) is 2.76. The quantitative estimate of drug-likeness (QED) is 0.340. The van der Waals surface area contributed by atoms with Gasteiger partial charge < -0.3 is 9.53 Å². The number of hydrogen-bond donors (Lipinski definition) is 1. The van der Waals surface area contributed by atoms with Gasteiger partial charge in [0.05, 0.1) is 0 Å². The normalized spacial score (nSPS) is 12.0. The zero-order valence-corrected chi connectivity index (χ0v) is 18.9. The summed E-state index contributed by atoms with van der Waals surface area (Å²) in [7, 11) is -2.81. The molecule has 0 radical (unpaired) electrons. The van der Waals surface area contributed by atoms with Gasteiger partial charge in [-0.1, -0.05) is 87.5 Å². The number of aldehydes is 1. The van der Waals surface area contributed by atoms with Crippen LogP contribution in [0.3, 0.4) is 0 Å². The first-order valence-corrected chi connectivity index (χ1v) is 12.0. The highest BCUT2D eigenvalue weighted by atomic mass is 28.4. The van der Waals surface area contributed by atoms with Crippen molar-refractivity contribution in [2.45, 2.75) is 25.8 Å². The van der Waals surface area contributed by atoms with E-state index >= 15 is 0 Å². The molecule has 3 aromatic carbocycles. The second-order valence-electron chi connectivity index (χ2n) is 8.35. The van der Waals surface area contributed by atoms with Crippen LogP contribution in [0.4, 0.5) is 0 Å². The van der Waals surface area contributed by atoms with Gasteiger partial charge in [0, 0.05) is 11.6 Å². The number of aliphatic carboxylic acids is 1. The molecule has 3 rings (SSSR count). The fourth-order valence-corrected chi connectivity index (χ4v) is 8.27. The predicted molar refractivity (Wildman–Crippen MR) is 127 cm³/mol. The van der Waals surface area contributed by atoms with Gasteiger partial charge in [-0.2, -0.15) is 0 Å². The lowest BCUT2D eigenvalue weighted by Gasteiger charge is -2.43. The molecular formula is C26H26O4Si. The van der Waals surface area contributed by atoms with Gasteiger partial charge in [0.1, 0.15) is 5.75 Å². The molecular weight excluding hydrogens is 404 g/mol. The summed E-state index contributed by atoms with van der Waals surface area (Å²) in [6.45, 7) is 6.55. The van der Waals surface area contributed by atoms with Gasteiger partial charge in [0.2, 0.25) is 0 Å². The molecule has 0 unspecified atom stereocenters. The fourth-order valence-electron chi connectivity index (χ4n) is 3.86.